The summed E-state index contributed by atoms with van der Waals surface area (Å²) in [7, 11) is 0. The zero-order chi connectivity index (χ0) is 14.8. The second-order valence-electron chi connectivity index (χ2n) is 5.51. The van der Waals surface area contributed by atoms with Crippen LogP contribution >= 0.6 is 27.3 Å². The van der Waals surface area contributed by atoms with Crippen LogP contribution in [0.25, 0.3) is 0 Å². The molecule has 0 spiro atoms. The SMILES string of the molecule is CCNC(Cc1ccc(F)c(Br)c1)c1cc2c(s1)CCC2. The van der Waals surface area contributed by atoms with Gasteiger partial charge in [-0.1, -0.05) is 13.0 Å². The van der Waals surface area contributed by atoms with Gasteiger partial charge in [-0.15, -0.1) is 11.3 Å². The Labute approximate surface area is 137 Å². The number of aryl methyl sites for hydroxylation is 2. The minimum absolute atomic E-state index is 0.200. The first-order valence-electron chi connectivity index (χ1n) is 7.46. The third-order valence-electron chi connectivity index (χ3n) is 3.98. The lowest BCUT2D eigenvalue weighted by molar-refractivity contribution is 0.556. The molecule has 1 N–H and O–H groups in total. The Bertz CT molecular complexity index is 616. The van der Waals surface area contributed by atoms with Gasteiger partial charge >= 0.3 is 0 Å². The largest absolute Gasteiger partial charge is 0.309 e. The first kappa shape index (κ1) is 15.2. The molecule has 0 saturated carbocycles. The van der Waals surface area contributed by atoms with E-state index in [4.69, 9.17) is 0 Å². The van der Waals surface area contributed by atoms with Crippen molar-refractivity contribution in [2.24, 2.45) is 0 Å². The molecule has 1 aliphatic carbocycles. The summed E-state index contributed by atoms with van der Waals surface area (Å²) in [5, 5.41) is 3.57. The van der Waals surface area contributed by atoms with Gasteiger partial charge in [0.25, 0.3) is 0 Å². The van der Waals surface area contributed by atoms with Crippen molar-refractivity contribution in [3.8, 4) is 0 Å². The number of likely N-dealkylation sites (N-methyl/N-ethyl adjacent to an activating group) is 1. The van der Waals surface area contributed by atoms with E-state index in [-0.39, 0.29) is 5.82 Å². The minimum atomic E-state index is -0.200. The average molecular weight is 368 g/mol. The molecule has 3 rings (SSSR count). The molecule has 0 radical (unpaired) electrons. The Balaban J connectivity index is 1.81. The van der Waals surface area contributed by atoms with Gasteiger partial charge in [0.05, 0.1) is 4.47 Å². The zero-order valence-electron chi connectivity index (χ0n) is 12.1. The van der Waals surface area contributed by atoms with Crippen molar-refractivity contribution in [3.05, 3.63) is 55.4 Å². The normalized spacial score (nSPS) is 15.2. The average Bonchev–Trinajstić information content (AvgIpc) is 3.03. The van der Waals surface area contributed by atoms with E-state index in [2.05, 4.69) is 34.2 Å². The standard InChI is InChI=1S/C17H19BrFNS/c1-2-20-15(9-11-6-7-14(19)13(18)8-11)17-10-12-4-3-5-16(12)21-17/h6-8,10,15,20H,2-5,9H2,1H3. The Morgan fingerprint density at radius 1 is 1.33 bits per heavy atom. The lowest BCUT2D eigenvalue weighted by atomic mass is 10.0. The quantitative estimate of drug-likeness (QED) is 0.780. The van der Waals surface area contributed by atoms with Crippen molar-refractivity contribution in [1.29, 1.82) is 0 Å². The van der Waals surface area contributed by atoms with E-state index in [1.54, 1.807) is 4.88 Å². The van der Waals surface area contributed by atoms with Gasteiger partial charge < -0.3 is 5.32 Å². The summed E-state index contributed by atoms with van der Waals surface area (Å²) < 4.78 is 13.9. The maximum atomic E-state index is 13.4. The molecule has 0 saturated heterocycles. The molecule has 2 aromatic rings. The van der Waals surface area contributed by atoms with Crippen molar-refractivity contribution in [2.75, 3.05) is 6.54 Å². The summed E-state index contributed by atoms with van der Waals surface area (Å²) in [5.74, 6) is -0.200. The molecule has 0 aliphatic heterocycles. The Morgan fingerprint density at radius 3 is 2.90 bits per heavy atom. The molecule has 0 amide bonds. The summed E-state index contributed by atoms with van der Waals surface area (Å²) in [6.07, 6.45) is 4.66. The third-order valence-corrected chi connectivity index (χ3v) is 5.94. The predicted molar refractivity (Wildman–Crippen MR) is 90.6 cm³/mol. The lowest BCUT2D eigenvalue weighted by Gasteiger charge is -2.17. The van der Waals surface area contributed by atoms with Crippen molar-refractivity contribution in [1.82, 2.24) is 5.32 Å². The van der Waals surface area contributed by atoms with Gasteiger partial charge in [-0.2, -0.15) is 0 Å². The van der Waals surface area contributed by atoms with Crippen LogP contribution in [0.2, 0.25) is 0 Å². The summed E-state index contributed by atoms with van der Waals surface area (Å²) >= 11 is 5.22. The highest BCUT2D eigenvalue weighted by molar-refractivity contribution is 9.10. The van der Waals surface area contributed by atoms with E-state index >= 15 is 0 Å². The number of rotatable bonds is 5. The van der Waals surface area contributed by atoms with Gasteiger partial charge in [-0.25, -0.2) is 4.39 Å². The number of hydrogen-bond donors (Lipinski definition) is 1. The van der Waals surface area contributed by atoms with Crippen molar-refractivity contribution in [2.45, 2.75) is 38.6 Å². The molecule has 0 fully saturated rings. The molecule has 1 heterocycles. The Kier molecular flexibility index (Phi) is 4.77. The molecule has 1 aromatic carbocycles. The van der Waals surface area contributed by atoms with Gasteiger partial charge in [0, 0.05) is 15.8 Å². The fourth-order valence-corrected chi connectivity index (χ4v) is 4.71. The molecule has 1 aliphatic rings. The molecule has 1 atom stereocenters. The summed E-state index contributed by atoms with van der Waals surface area (Å²) in [6, 6.07) is 8.01. The second-order valence-corrected chi connectivity index (χ2v) is 7.54. The van der Waals surface area contributed by atoms with E-state index in [1.165, 1.54) is 35.8 Å². The van der Waals surface area contributed by atoms with E-state index in [1.807, 2.05) is 23.5 Å². The summed E-state index contributed by atoms with van der Waals surface area (Å²) in [5.41, 5.74) is 2.70. The third kappa shape index (κ3) is 3.38. The van der Waals surface area contributed by atoms with Crippen molar-refractivity contribution >= 4 is 27.3 Å². The summed E-state index contributed by atoms with van der Waals surface area (Å²) in [4.78, 5) is 2.98. The second kappa shape index (κ2) is 6.59. The monoisotopic (exact) mass is 367 g/mol. The van der Waals surface area contributed by atoms with Crippen molar-refractivity contribution in [3.63, 3.8) is 0 Å². The topological polar surface area (TPSA) is 12.0 Å². The number of benzene rings is 1. The molecule has 1 unspecified atom stereocenters. The number of thiophene rings is 1. The Morgan fingerprint density at radius 2 is 2.19 bits per heavy atom. The van der Waals surface area contributed by atoms with Crippen LogP contribution in [0.4, 0.5) is 4.39 Å². The fourth-order valence-electron chi connectivity index (χ4n) is 2.95. The maximum absolute atomic E-state index is 13.4. The highest BCUT2D eigenvalue weighted by Gasteiger charge is 2.20. The predicted octanol–water partition coefficient (Wildman–Crippen LogP) is 5.03. The molecule has 4 heteroatoms. The van der Waals surface area contributed by atoms with Crippen LogP contribution in [0.1, 0.15) is 40.3 Å². The van der Waals surface area contributed by atoms with Gasteiger partial charge in [-0.05, 0) is 77.5 Å². The van der Waals surface area contributed by atoms with Crippen LogP contribution in [0.3, 0.4) is 0 Å². The molecule has 1 nitrogen and oxygen atoms in total. The first-order chi connectivity index (χ1) is 10.2. The van der Waals surface area contributed by atoms with Gasteiger partial charge in [-0.3, -0.25) is 0 Å². The highest BCUT2D eigenvalue weighted by Crippen LogP contribution is 2.35. The smallest absolute Gasteiger partial charge is 0.137 e. The zero-order valence-corrected chi connectivity index (χ0v) is 14.5. The summed E-state index contributed by atoms with van der Waals surface area (Å²) in [6.45, 7) is 3.07. The van der Waals surface area contributed by atoms with Crippen LogP contribution in [-0.4, -0.2) is 6.54 Å². The van der Waals surface area contributed by atoms with E-state index in [0.717, 1.165) is 18.5 Å². The van der Waals surface area contributed by atoms with Crippen LogP contribution in [0, 0.1) is 5.82 Å². The molecular weight excluding hydrogens is 349 g/mol. The van der Waals surface area contributed by atoms with Crippen LogP contribution in [0.15, 0.2) is 28.7 Å². The van der Waals surface area contributed by atoms with Gasteiger partial charge in [0.2, 0.25) is 0 Å². The van der Waals surface area contributed by atoms with Crippen LogP contribution in [-0.2, 0) is 19.3 Å². The van der Waals surface area contributed by atoms with Crippen LogP contribution in [0.5, 0.6) is 0 Å². The molecule has 21 heavy (non-hydrogen) atoms. The highest BCUT2D eigenvalue weighted by atomic mass is 79.9. The number of hydrogen-bond acceptors (Lipinski definition) is 2. The maximum Gasteiger partial charge on any atom is 0.137 e. The van der Waals surface area contributed by atoms with Crippen LogP contribution < -0.4 is 5.32 Å². The Hall–Kier alpha value is -0.710. The van der Waals surface area contributed by atoms with Gasteiger partial charge in [0.15, 0.2) is 0 Å². The number of fused-ring (bicyclic) bond motifs is 1. The molecule has 1 aromatic heterocycles. The first-order valence-corrected chi connectivity index (χ1v) is 9.07. The van der Waals surface area contributed by atoms with Gasteiger partial charge in [0.1, 0.15) is 5.82 Å². The lowest BCUT2D eigenvalue weighted by Crippen LogP contribution is -2.22. The number of nitrogens with one attached hydrogen (secondary N) is 1. The molecule has 112 valence electrons. The van der Waals surface area contributed by atoms with E-state index in [9.17, 15) is 4.39 Å². The minimum Gasteiger partial charge on any atom is -0.309 e. The molecule has 0 bridgehead atoms. The van der Waals surface area contributed by atoms with Crippen molar-refractivity contribution < 1.29 is 4.39 Å². The fraction of sp³-hybridized carbons (Fsp3) is 0.412. The number of halogens is 2. The van der Waals surface area contributed by atoms with E-state index in [0.29, 0.717) is 10.5 Å². The van der Waals surface area contributed by atoms with E-state index < -0.39 is 0 Å². The molecular formula is C17H19BrFNS.